The molecular formula is C20H27FN2O3. The van der Waals surface area contributed by atoms with Crippen LogP contribution in [0.5, 0.6) is 0 Å². The number of halogens is 1. The van der Waals surface area contributed by atoms with Gasteiger partial charge in [-0.05, 0) is 37.5 Å². The van der Waals surface area contributed by atoms with Crippen LogP contribution in [-0.2, 0) is 9.53 Å². The molecule has 0 bridgehead atoms. The molecule has 1 saturated carbocycles. The molecule has 3 rings (SSSR count). The van der Waals surface area contributed by atoms with E-state index in [4.69, 9.17) is 4.74 Å². The Morgan fingerprint density at radius 1 is 1.08 bits per heavy atom. The summed E-state index contributed by atoms with van der Waals surface area (Å²) in [5, 5.41) is 0. The molecule has 0 unspecified atom stereocenters. The van der Waals surface area contributed by atoms with Gasteiger partial charge in [0.15, 0.2) is 0 Å². The maximum absolute atomic E-state index is 13.7. The first-order chi connectivity index (χ1) is 12.5. The van der Waals surface area contributed by atoms with Gasteiger partial charge in [0.25, 0.3) is 5.91 Å². The average Bonchev–Trinajstić information content (AvgIpc) is 2.68. The molecule has 6 heteroatoms. The molecule has 1 aromatic carbocycles. The van der Waals surface area contributed by atoms with Crippen LogP contribution in [0, 0.1) is 12.7 Å². The standard InChI is InChI=1S/C20H27FN2O3/c1-15-7-8-16(13-18(15)21)20(25)23-11-9-22(10-12-23)19(24)14-26-17-5-3-2-4-6-17/h7-8,13,17H,2-6,9-12,14H2,1H3. The molecule has 1 aromatic rings. The topological polar surface area (TPSA) is 49.9 Å². The summed E-state index contributed by atoms with van der Waals surface area (Å²) in [7, 11) is 0. The van der Waals surface area contributed by atoms with E-state index in [1.54, 1.807) is 28.9 Å². The Kier molecular flexibility index (Phi) is 6.25. The third-order valence-corrected chi connectivity index (χ3v) is 5.33. The number of hydrogen-bond donors (Lipinski definition) is 0. The number of ether oxygens (including phenoxy) is 1. The highest BCUT2D eigenvalue weighted by Crippen LogP contribution is 2.20. The van der Waals surface area contributed by atoms with Crippen LogP contribution in [-0.4, -0.2) is 60.5 Å². The fraction of sp³-hybridized carbons (Fsp3) is 0.600. The lowest BCUT2D eigenvalue weighted by Gasteiger charge is -2.35. The zero-order valence-corrected chi connectivity index (χ0v) is 15.4. The first-order valence-electron chi connectivity index (χ1n) is 9.49. The summed E-state index contributed by atoms with van der Waals surface area (Å²) in [5.41, 5.74) is 0.878. The van der Waals surface area contributed by atoms with Crippen LogP contribution in [0.2, 0.25) is 0 Å². The van der Waals surface area contributed by atoms with Gasteiger partial charge in [-0.25, -0.2) is 4.39 Å². The Bertz CT molecular complexity index is 650. The van der Waals surface area contributed by atoms with Crippen LogP contribution in [0.15, 0.2) is 18.2 Å². The second-order valence-corrected chi connectivity index (χ2v) is 7.21. The van der Waals surface area contributed by atoms with E-state index >= 15 is 0 Å². The van der Waals surface area contributed by atoms with Crippen molar-refractivity contribution in [1.82, 2.24) is 9.80 Å². The van der Waals surface area contributed by atoms with E-state index < -0.39 is 0 Å². The maximum atomic E-state index is 13.7. The highest BCUT2D eigenvalue weighted by atomic mass is 19.1. The van der Waals surface area contributed by atoms with Crippen LogP contribution in [0.4, 0.5) is 4.39 Å². The van der Waals surface area contributed by atoms with E-state index in [1.807, 2.05) is 0 Å². The Morgan fingerprint density at radius 2 is 1.73 bits per heavy atom. The van der Waals surface area contributed by atoms with Crippen molar-refractivity contribution in [3.05, 3.63) is 35.1 Å². The van der Waals surface area contributed by atoms with Crippen molar-refractivity contribution >= 4 is 11.8 Å². The van der Waals surface area contributed by atoms with E-state index in [2.05, 4.69) is 0 Å². The number of rotatable bonds is 4. The second-order valence-electron chi connectivity index (χ2n) is 7.21. The molecule has 0 radical (unpaired) electrons. The molecule has 1 aliphatic heterocycles. The molecule has 0 atom stereocenters. The van der Waals surface area contributed by atoms with Gasteiger partial charge >= 0.3 is 0 Å². The summed E-state index contributed by atoms with van der Waals surface area (Å²) >= 11 is 0. The molecule has 2 fully saturated rings. The van der Waals surface area contributed by atoms with Gasteiger partial charge in [-0.15, -0.1) is 0 Å². The van der Waals surface area contributed by atoms with Crippen molar-refractivity contribution in [1.29, 1.82) is 0 Å². The Hall–Kier alpha value is -1.95. The molecule has 0 N–H and O–H groups in total. The largest absolute Gasteiger partial charge is 0.368 e. The molecular weight excluding hydrogens is 335 g/mol. The third-order valence-electron chi connectivity index (χ3n) is 5.33. The van der Waals surface area contributed by atoms with Crippen molar-refractivity contribution < 1.29 is 18.7 Å². The normalized spacial score (nSPS) is 18.8. The van der Waals surface area contributed by atoms with Gasteiger partial charge in [-0.3, -0.25) is 9.59 Å². The lowest BCUT2D eigenvalue weighted by molar-refractivity contribution is -0.140. The van der Waals surface area contributed by atoms with Crippen LogP contribution in [0.1, 0.15) is 48.0 Å². The zero-order chi connectivity index (χ0) is 18.5. The quantitative estimate of drug-likeness (QED) is 0.828. The minimum Gasteiger partial charge on any atom is -0.368 e. The number of nitrogens with zero attached hydrogens (tertiary/aromatic N) is 2. The number of amides is 2. The SMILES string of the molecule is Cc1ccc(C(=O)N2CCN(C(=O)COC3CCCCC3)CC2)cc1F. The van der Waals surface area contributed by atoms with E-state index in [9.17, 15) is 14.0 Å². The second kappa shape index (κ2) is 8.62. The van der Waals surface area contributed by atoms with Crippen molar-refractivity contribution in [3.8, 4) is 0 Å². The molecule has 2 amide bonds. The van der Waals surface area contributed by atoms with E-state index in [1.165, 1.54) is 25.3 Å². The minimum absolute atomic E-state index is 0.0101. The smallest absolute Gasteiger partial charge is 0.254 e. The predicted octanol–water partition coefficient (Wildman–Crippen LogP) is 2.77. The molecule has 5 nitrogen and oxygen atoms in total. The fourth-order valence-electron chi connectivity index (χ4n) is 3.58. The van der Waals surface area contributed by atoms with Gasteiger partial charge in [0.1, 0.15) is 12.4 Å². The van der Waals surface area contributed by atoms with Crippen molar-refractivity contribution in [3.63, 3.8) is 0 Å². The first kappa shape index (κ1) is 18.8. The Balaban J connectivity index is 1.46. The molecule has 26 heavy (non-hydrogen) atoms. The van der Waals surface area contributed by atoms with Crippen LogP contribution >= 0.6 is 0 Å². The number of carbonyl (C=O) groups excluding carboxylic acids is 2. The Morgan fingerprint density at radius 3 is 2.38 bits per heavy atom. The van der Waals surface area contributed by atoms with E-state index in [-0.39, 0.29) is 30.3 Å². The van der Waals surface area contributed by atoms with Gasteiger partial charge in [0.05, 0.1) is 6.10 Å². The predicted molar refractivity (Wildman–Crippen MR) is 96.4 cm³/mol. The summed E-state index contributed by atoms with van der Waals surface area (Å²) in [6.07, 6.45) is 5.92. The highest BCUT2D eigenvalue weighted by Gasteiger charge is 2.26. The summed E-state index contributed by atoms with van der Waals surface area (Å²) in [4.78, 5) is 28.2. The minimum atomic E-state index is -0.371. The molecule has 1 aliphatic carbocycles. The van der Waals surface area contributed by atoms with Gasteiger partial charge in [0, 0.05) is 31.7 Å². The monoisotopic (exact) mass is 362 g/mol. The fourth-order valence-corrected chi connectivity index (χ4v) is 3.58. The van der Waals surface area contributed by atoms with Gasteiger partial charge in [0.2, 0.25) is 5.91 Å². The summed E-state index contributed by atoms with van der Waals surface area (Å²) in [6, 6.07) is 4.55. The third kappa shape index (κ3) is 4.61. The number of aryl methyl sites for hydroxylation is 1. The maximum Gasteiger partial charge on any atom is 0.254 e. The first-order valence-corrected chi connectivity index (χ1v) is 9.49. The average molecular weight is 362 g/mol. The number of hydrogen-bond acceptors (Lipinski definition) is 3. The number of carbonyl (C=O) groups is 2. The van der Waals surface area contributed by atoms with Crippen LogP contribution in [0.3, 0.4) is 0 Å². The van der Waals surface area contributed by atoms with Crippen molar-refractivity contribution in [2.75, 3.05) is 32.8 Å². The molecule has 142 valence electrons. The van der Waals surface area contributed by atoms with E-state index in [0.717, 1.165) is 12.8 Å². The number of benzene rings is 1. The molecule has 0 aromatic heterocycles. The van der Waals surface area contributed by atoms with Gasteiger partial charge < -0.3 is 14.5 Å². The lowest BCUT2D eigenvalue weighted by atomic mass is 9.98. The van der Waals surface area contributed by atoms with Gasteiger partial charge in [-0.1, -0.05) is 25.3 Å². The zero-order valence-electron chi connectivity index (χ0n) is 15.4. The molecule has 0 spiro atoms. The van der Waals surface area contributed by atoms with Gasteiger partial charge in [-0.2, -0.15) is 0 Å². The molecule has 2 aliphatic rings. The molecule has 1 saturated heterocycles. The number of piperazine rings is 1. The summed E-state index contributed by atoms with van der Waals surface area (Å²) < 4.78 is 19.4. The van der Waals surface area contributed by atoms with Crippen molar-refractivity contribution in [2.24, 2.45) is 0 Å². The van der Waals surface area contributed by atoms with Crippen LogP contribution in [0.25, 0.3) is 0 Å². The van der Waals surface area contributed by atoms with E-state index in [0.29, 0.717) is 37.3 Å². The van der Waals surface area contributed by atoms with Crippen molar-refractivity contribution in [2.45, 2.75) is 45.1 Å². The lowest BCUT2D eigenvalue weighted by Crippen LogP contribution is -2.51. The summed E-state index contributed by atoms with van der Waals surface area (Å²) in [5.74, 6) is -0.567. The molecule has 1 heterocycles. The van der Waals surface area contributed by atoms with Crippen LogP contribution < -0.4 is 0 Å². The highest BCUT2D eigenvalue weighted by molar-refractivity contribution is 5.94. The Labute approximate surface area is 154 Å². The summed E-state index contributed by atoms with van der Waals surface area (Å²) in [6.45, 7) is 3.71.